The molecule has 2 N–H and O–H groups in total. The maximum absolute atomic E-state index is 12.1. The first-order chi connectivity index (χ1) is 8.99. The first-order valence-corrected chi connectivity index (χ1v) is 7.26. The molecule has 1 aliphatic heterocycles. The van der Waals surface area contributed by atoms with Crippen molar-refractivity contribution in [2.24, 2.45) is 11.3 Å². The van der Waals surface area contributed by atoms with Crippen LogP contribution in [0.2, 0.25) is 0 Å². The molecule has 2 atom stereocenters. The first-order valence-electron chi connectivity index (χ1n) is 7.26. The van der Waals surface area contributed by atoms with Gasteiger partial charge in [-0.1, -0.05) is 13.3 Å². The van der Waals surface area contributed by atoms with E-state index in [9.17, 15) is 9.59 Å². The van der Waals surface area contributed by atoms with Crippen LogP contribution in [0, 0.1) is 11.3 Å². The Labute approximate surface area is 114 Å². The van der Waals surface area contributed by atoms with Crippen LogP contribution in [-0.2, 0) is 4.79 Å². The predicted octanol–water partition coefficient (Wildman–Crippen LogP) is 2.07. The lowest BCUT2D eigenvalue weighted by Crippen LogP contribution is -2.45. The van der Waals surface area contributed by atoms with E-state index >= 15 is 0 Å². The number of rotatable bonds is 5. The van der Waals surface area contributed by atoms with Crippen LogP contribution >= 0.6 is 0 Å². The molecule has 2 rings (SSSR count). The number of nitrogens with zero attached hydrogens (tertiary/aromatic N) is 1. The summed E-state index contributed by atoms with van der Waals surface area (Å²) in [7, 11) is 0. The molecule has 0 bridgehead atoms. The van der Waals surface area contributed by atoms with Gasteiger partial charge in [0, 0.05) is 19.1 Å². The fourth-order valence-electron chi connectivity index (χ4n) is 3.14. The molecule has 1 heterocycles. The largest absolute Gasteiger partial charge is 0.481 e. The fraction of sp³-hybridized carbons (Fsp3) is 0.857. The number of carboxylic acids is 1. The van der Waals surface area contributed by atoms with Gasteiger partial charge in [-0.25, -0.2) is 4.79 Å². The zero-order valence-electron chi connectivity index (χ0n) is 11.8. The number of likely N-dealkylation sites (tertiary alicyclic amines) is 1. The molecule has 1 aliphatic carbocycles. The molecule has 1 saturated heterocycles. The lowest BCUT2D eigenvalue weighted by molar-refractivity contribution is -0.142. The van der Waals surface area contributed by atoms with E-state index in [1.54, 1.807) is 4.90 Å². The van der Waals surface area contributed by atoms with Gasteiger partial charge >= 0.3 is 12.0 Å². The molecule has 0 spiro atoms. The highest BCUT2D eigenvalue weighted by atomic mass is 16.4. The van der Waals surface area contributed by atoms with Gasteiger partial charge in [0.05, 0.1) is 5.92 Å². The van der Waals surface area contributed by atoms with Gasteiger partial charge in [0.1, 0.15) is 0 Å². The summed E-state index contributed by atoms with van der Waals surface area (Å²) in [4.78, 5) is 24.8. The highest BCUT2D eigenvalue weighted by Crippen LogP contribution is 2.48. The number of carboxylic acid groups (broad SMARTS) is 1. The number of carbonyl (C=O) groups is 2. The molecular formula is C14H24N2O3. The quantitative estimate of drug-likeness (QED) is 0.802. The number of hydrogen-bond donors (Lipinski definition) is 2. The van der Waals surface area contributed by atoms with Gasteiger partial charge in [0.15, 0.2) is 0 Å². The lowest BCUT2D eigenvalue weighted by Gasteiger charge is -2.25. The van der Waals surface area contributed by atoms with Crippen molar-refractivity contribution < 1.29 is 14.7 Å². The average Bonchev–Trinajstić information content (AvgIpc) is 3.01. The molecule has 0 radical (unpaired) electrons. The molecule has 0 aromatic heterocycles. The molecule has 2 aliphatic rings. The molecule has 108 valence electrons. The summed E-state index contributed by atoms with van der Waals surface area (Å²) in [6, 6.07) is -0.308. The number of urea groups is 1. The fourth-order valence-corrected chi connectivity index (χ4v) is 3.14. The van der Waals surface area contributed by atoms with E-state index in [0.29, 0.717) is 18.4 Å². The van der Waals surface area contributed by atoms with E-state index in [2.05, 4.69) is 12.2 Å². The Morgan fingerprint density at radius 1 is 1.42 bits per heavy atom. The van der Waals surface area contributed by atoms with Gasteiger partial charge in [0.2, 0.25) is 0 Å². The molecule has 2 fully saturated rings. The van der Waals surface area contributed by atoms with Crippen molar-refractivity contribution in [2.75, 3.05) is 13.1 Å². The zero-order chi connectivity index (χ0) is 14.0. The molecule has 2 unspecified atom stereocenters. The van der Waals surface area contributed by atoms with Crippen LogP contribution in [0.3, 0.4) is 0 Å². The normalized spacial score (nSPS) is 28.2. The summed E-state index contributed by atoms with van der Waals surface area (Å²) in [5.41, 5.74) is 0.333. The van der Waals surface area contributed by atoms with Crippen LogP contribution in [-0.4, -0.2) is 41.1 Å². The number of hydrogen-bond acceptors (Lipinski definition) is 2. The smallest absolute Gasteiger partial charge is 0.317 e. The van der Waals surface area contributed by atoms with E-state index in [1.807, 2.05) is 6.92 Å². The van der Waals surface area contributed by atoms with Crippen LogP contribution in [0.5, 0.6) is 0 Å². The lowest BCUT2D eigenvalue weighted by atomic mass is 10.0. The van der Waals surface area contributed by atoms with Crippen LogP contribution in [0.4, 0.5) is 4.79 Å². The standard InChI is InChI=1S/C14H24N2O3/c1-3-5-14(6-7-14)9-15-13(19)16-8-4-11(10(16)2)12(17)18/h10-11H,3-9H2,1-2H3,(H,15,19)(H,17,18). The molecule has 19 heavy (non-hydrogen) atoms. The van der Waals surface area contributed by atoms with Crippen molar-refractivity contribution in [2.45, 2.75) is 52.0 Å². The van der Waals surface area contributed by atoms with Gasteiger partial charge in [-0.3, -0.25) is 4.79 Å². The van der Waals surface area contributed by atoms with Crippen molar-refractivity contribution >= 4 is 12.0 Å². The number of nitrogens with one attached hydrogen (secondary N) is 1. The Morgan fingerprint density at radius 3 is 2.58 bits per heavy atom. The Hall–Kier alpha value is -1.26. The second-order valence-corrected chi connectivity index (χ2v) is 6.08. The molecule has 2 amide bonds. The monoisotopic (exact) mass is 268 g/mol. The summed E-state index contributed by atoms with van der Waals surface area (Å²) in [6.07, 6.45) is 5.28. The van der Waals surface area contributed by atoms with E-state index in [1.165, 1.54) is 19.3 Å². The van der Waals surface area contributed by atoms with Gasteiger partial charge < -0.3 is 15.3 Å². The molecule has 5 heteroatoms. The summed E-state index contributed by atoms with van der Waals surface area (Å²) in [5, 5.41) is 12.1. The molecular weight excluding hydrogens is 244 g/mol. The Morgan fingerprint density at radius 2 is 2.11 bits per heavy atom. The third kappa shape index (κ3) is 3.01. The Kier molecular flexibility index (Phi) is 4.02. The second-order valence-electron chi connectivity index (χ2n) is 6.08. The molecule has 0 aromatic carbocycles. The van der Waals surface area contributed by atoms with Gasteiger partial charge in [0.25, 0.3) is 0 Å². The molecule has 0 aromatic rings. The number of aliphatic carboxylic acids is 1. The van der Waals surface area contributed by atoms with Gasteiger partial charge in [-0.15, -0.1) is 0 Å². The average molecular weight is 268 g/mol. The zero-order valence-corrected chi connectivity index (χ0v) is 11.8. The summed E-state index contributed by atoms with van der Waals surface area (Å²) < 4.78 is 0. The second kappa shape index (κ2) is 5.39. The minimum atomic E-state index is -0.799. The minimum Gasteiger partial charge on any atom is -0.481 e. The van der Waals surface area contributed by atoms with Crippen molar-refractivity contribution in [1.29, 1.82) is 0 Å². The first kappa shape index (κ1) is 14.2. The maximum atomic E-state index is 12.1. The summed E-state index contributed by atoms with van der Waals surface area (Å²) in [5.74, 6) is -1.22. The van der Waals surface area contributed by atoms with Crippen LogP contribution in [0.1, 0.15) is 46.0 Å². The maximum Gasteiger partial charge on any atom is 0.317 e. The minimum absolute atomic E-state index is 0.0985. The molecule has 1 saturated carbocycles. The predicted molar refractivity (Wildman–Crippen MR) is 71.9 cm³/mol. The van der Waals surface area contributed by atoms with Crippen molar-refractivity contribution in [3.63, 3.8) is 0 Å². The highest BCUT2D eigenvalue weighted by Gasteiger charge is 2.43. The van der Waals surface area contributed by atoms with Crippen LogP contribution < -0.4 is 5.32 Å². The van der Waals surface area contributed by atoms with E-state index in [0.717, 1.165) is 13.0 Å². The summed E-state index contributed by atoms with van der Waals surface area (Å²) in [6.45, 7) is 5.28. The Bertz CT molecular complexity index is 366. The van der Waals surface area contributed by atoms with E-state index in [4.69, 9.17) is 5.11 Å². The third-order valence-corrected chi connectivity index (χ3v) is 4.69. The van der Waals surface area contributed by atoms with Crippen molar-refractivity contribution in [3.05, 3.63) is 0 Å². The van der Waals surface area contributed by atoms with Crippen molar-refractivity contribution in [3.8, 4) is 0 Å². The van der Waals surface area contributed by atoms with Gasteiger partial charge in [-0.2, -0.15) is 0 Å². The SMILES string of the molecule is CCCC1(CNC(=O)N2CCC(C(=O)O)C2C)CC1. The van der Waals surface area contributed by atoms with E-state index in [-0.39, 0.29) is 12.1 Å². The topological polar surface area (TPSA) is 69.6 Å². The van der Waals surface area contributed by atoms with Crippen molar-refractivity contribution in [1.82, 2.24) is 10.2 Å². The number of carbonyl (C=O) groups excluding carboxylic acids is 1. The summed E-state index contributed by atoms with van der Waals surface area (Å²) >= 11 is 0. The van der Waals surface area contributed by atoms with Crippen LogP contribution in [0.25, 0.3) is 0 Å². The van der Waals surface area contributed by atoms with Crippen LogP contribution in [0.15, 0.2) is 0 Å². The number of amides is 2. The van der Waals surface area contributed by atoms with Gasteiger partial charge in [-0.05, 0) is 38.0 Å². The van der Waals surface area contributed by atoms with E-state index < -0.39 is 11.9 Å². The highest BCUT2D eigenvalue weighted by molar-refractivity contribution is 5.78. The Balaban J connectivity index is 1.83. The third-order valence-electron chi connectivity index (χ3n) is 4.69. The molecule has 5 nitrogen and oxygen atoms in total.